The molecule has 1 saturated heterocycles. The summed E-state index contributed by atoms with van der Waals surface area (Å²) in [6, 6.07) is 0. The lowest BCUT2D eigenvalue weighted by Crippen LogP contribution is -2.57. The second-order valence-electron chi connectivity index (χ2n) is 10.3. The average Bonchev–Trinajstić information content (AvgIpc) is 3.16. The first kappa shape index (κ1) is 19.0. The highest BCUT2D eigenvalue weighted by Gasteiger charge is 2.83. The number of carbonyl (C=O) groups is 2. The SMILES string of the molecule is CC(C)OCC(=O)[C@@]12CC[C@H]3[C@@H]4CCC5=CC(=O)CC[C@]5(C)[C@H]4[C@@H](O)C[C@@]31O2. The zero-order valence-corrected chi connectivity index (χ0v) is 17.2. The van der Waals surface area contributed by atoms with E-state index in [1.807, 2.05) is 19.9 Å². The van der Waals surface area contributed by atoms with Crippen molar-refractivity contribution in [1.82, 2.24) is 0 Å². The van der Waals surface area contributed by atoms with Crippen molar-refractivity contribution in [2.75, 3.05) is 6.61 Å². The van der Waals surface area contributed by atoms with Crippen LogP contribution >= 0.6 is 0 Å². The molecule has 1 heterocycles. The topological polar surface area (TPSA) is 76.1 Å². The zero-order chi connectivity index (χ0) is 19.9. The molecule has 1 spiro atoms. The van der Waals surface area contributed by atoms with E-state index in [1.54, 1.807) is 0 Å². The third-order valence-electron chi connectivity index (χ3n) is 8.75. The number of hydrogen-bond donors (Lipinski definition) is 1. The molecule has 28 heavy (non-hydrogen) atoms. The number of hydrogen-bond acceptors (Lipinski definition) is 5. The Bertz CT molecular complexity index is 756. The van der Waals surface area contributed by atoms with Crippen LogP contribution in [0.1, 0.15) is 65.7 Å². The van der Waals surface area contributed by atoms with Crippen molar-refractivity contribution in [1.29, 1.82) is 0 Å². The first-order valence-corrected chi connectivity index (χ1v) is 11.0. The van der Waals surface area contributed by atoms with Crippen LogP contribution in [0.5, 0.6) is 0 Å². The lowest BCUT2D eigenvalue weighted by molar-refractivity contribution is -0.130. The number of rotatable bonds is 4. The van der Waals surface area contributed by atoms with Gasteiger partial charge >= 0.3 is 0 Å². The molecule has 0 aromatic rings. The Labute approximate surface area is 166 Å². The predicted octanol–water partition coefficient (Wildman–Crippen LogP) is 2.98. The van der Waals surface area contributed by atoms with E-state index < -0.39 is 17.3 Å². The van der Waals surface area contributed by atoms with Crippen LogP contribution < -0.4 is 0 Å². The minimum Gasteiger partial charge on any atom is -0.393 e. The lowest BCUT2D eigenvalue weighted by Gasteiger charge is -2.56. The summed E-state index contributed by atoms with van der Waals surface area (Å²) in [6.45, 7) is 6.22. The normalized spacial score (nSPS) is 49.0. The molecule has 154 valence electrons. The molecular weight excluding hydrogens is 356 g/mol. The fraction of sp³-hybridized carbons (Fsp3) is 0.826. The quantitative estimate of drug-likeness (QED) is 0.750. The molecule has 5 rings (SSSR count). The van der Waals surface area contributed by atoms with Crippen molar-refractivity contribution in [3.63, 3.8) is 0 Å². The number of allylic oxidation sites excluding steroid dienone is 1. The van der Waals surface area contributed by atoms with Crippen LogP contribution in [0.15, 0.2) is 11.6 Å². The highest BCUT2D eigenvalue weighted by atomic mass is 16.6. The number of aliphatic hydroxyl groups excluding tert-OH is 1. The highest BCUT2D eigenvalue weighted by molar-refractivity contribution is 5.94. The van der Waals surface area contributed by atoms with Gasteiger partial charge < -0.3 is 14.6 Å². The Morgan fingerprint density at radius 1 is 1.32 bits per heavy atom. The molecular formula is C23H32O5. The molecule has 1 aliphatic heterocycles. The van der Waals surface area contributed by atoms with E-state index in [9.17, 15) is 14.7 Å². The number of ether oxygens (including phenoxy) is 2. The number of aliphatic hydroxyl groups is 1. The third-order valence-corrected chi connectivity index (χ3v) is 8.75. The molecule has 0 aromatic heterocycles. The Kier molecular flexibility index (Phi) is 4.06. The van der Waals surface area contributed by atoms with E-state index in [1.165, 1.54) is 5.57 Å². The fourth-order valence-corrected chi connectivity index (χ4v) is 7.51. The van der Waals surface area contributed by atoms with E-state index in [0.29, 0.717) is 24.7 Å². The van der Waals surface area contributed by atoms with Gasteiger partial charge in [0.15, 0.2) is 17.2 Å². The van der Waals surface area contributed by atoms with Gasteiger partial charge in [0, 0.05) is 12.8 Å². The fourth-order valence-electron chi connectivity index (χ4n) is 7.51. The van der Waals surface area contributed by atoms with Crippen molar-refractivity contribution >= 4 is 11.6 Å². The van der Waals surface area contributed by atoms with Gasteiger partial charge in [-0.1, -0.05) is 12.5 Å². The summed E-state index contributed by atoms with van der Waals surface area (Å²) < 4.78 is 11.9. The van der Waals surface area contributed by atoms with Crippen LogP contribution in [0.25, 0.3) is 0 Å². The third kappa shape index (κ3) is 2.30. The molecule has 5 heteroatoms. The van der Waals surface area contributed by atoms with Crippen LogP contribution in [0.3, 0.4) is 0 Å². The van der Waals surface area contributed by atoms with E-state index in [2.05, 4.69) is 6.92 Å². The van der Waals surface area contributed by atoms with Crippen LogP contribution in [0, 0.1) is 23.2 Å². The first-order chi connectivity index (χ1) is 13.2. The summed E-state index contributed by atoms with van der Waals surface area (Å²) in [6.07, 6.45) is 7.02. The van der Waals surface area contributed by atoms with Gasteiger partial charge in [-0.25, -0.2) is 0 Å². The molecule has 5 aliphatic rings. The molecule has 0 bridgehead atoms. The maximum atomic E-state index is 13.0. The lowest BCUT2D eigenvalue weighted by atomic mass is 9.48. The molecule has 7 atom stereocenters. The van der Waals surface area contributed by atoms with Crippen LogP contribution in [0.2, 0.25) is 0 Å². The van der Waals surface area contributed by atoms with Gasteiger partial charge in [0.1, 0.15) is 12.2 Å². The minimum atomic E-state index is -0.724. The van der Waals surface area contributed by atoms with Crippen molar-refractivity contribution in [2.24, 2.45) is 23.2 Å². The zero-order valence-electron chi connectivity index (χ0n) is 17.2. The molecule has 0 aromatic carbocycles. The monoisotopic (exact) mass is 388 g/mol. The molecule has 4 aliphatic carbocycles. The second-order valence-corrected chi connectivity index (χ2v) is 10.3. The van der Waals surface area contributed by atoms with Crippen LogP contribution in [-0.4, -0.2) is 46.7 Å². The Balaban J connectivity index is 1.43. The van der Waals surface area contributed by atoms with Gasteiger partial charge in [-0.3, -0.25) is 9.59 Å². The van der Waals surface area contributed by atoms with Crippen molar-refractivity contribution in [3.05, 3.63) is 11.6 Å². The summed E-state index contributed by atoms with van der Waals surface area (Å²) in [5, 5.41) is 11.3. The van der Waals surface area contributed by atoms with Gasteiger partial charge in [-0.05, 0) is 75.2 Å². The van der Waals surface area contributed by atoms with Crippen LogP contribution in [-0.2, 0) is 19.1 Å². The van der Waals surface area contributed by atoms with E-state index in [0.717, 1.165) is 32.1 Å². The molecule has 4 fully saturated rings. The number of Topliss-reactive ketones (excluding diaryl/α,β-unsaturated/α-hetero) is 1. The summed E-state index contributed by atoms with van der Waals surface area (Å²) >= 11 is 0. The highest BCUT2D eigenvalue weighted by Crippen LogP contribution is 2.73. The summed E-state index contributed by atoms with van der Waals surface area (Å²) in [5.41, 5.74) is -0.0594. The molecule has 3 saturated carbocycles. The Hall–Kier alpha value is -1.04. The minimum absolute atomic E-state index is 0.0195. The van der Waals surface area contributed by atoms with Crippen LogP contribution in [0.4, 0.5) is 0 Å². The number of ketones is 2. The Morgan fingerprint density at radius 3 is 2.86 bits per heavy atom. The maximum absolute atomic E-state index is 13.0. The van der Waals surface area contributed by atoms with Gasteiger partial charge in [-0.15, -0.1) is 0 Å². The second kappa shape index (κ2) is 5.99. The standard InChI is InChI=1S/C23H32O5/c1-13(2)27-12-19(26)22-9-7-17-16-5-4-14-10-15(24)6-8-21(14,3)20(16)18(25)11-23(17,22)28-22/h10,13,16-18,20,25H,4-9,11-12H2,1-3H3/t16-,17-,18-,20+,21-,22-,23+/m0/s1. The molecule has 0 radical (unpaired) electrons. The predicted molar refractivity (Wildman–Crippen MR) is 103 cm³/mol. The summed E-state index contributed by atoms with van der Waals surface area (Å²) in [7, 11) is 0. The van der Waals surface area contributed by atoms with Gasteiger partial charge in [-0.2, -0.15) is 0 Å². The van der Waals surface area contributed by atoms with E-state index in [4.69, 9.17) is 9.47 Å². The van der Waals surface area contributed by atoms with Crippen molar-refractivity contribution in [3.8, 4) is 0 Å². The smallest absolute Gasteiger partial charge is 0.193 e. The molecule has 1 N–H and O–H groups in total. The first-order valence-electron chi connectivity index (χ1n) is 11.0. The largest absolute Gasteiger partial charge is 0.393 e. The van der Waals surface area contributed by atoms with E-state index in [-0.39, 0.29) is 35.6 Å². The summed E-state index contributed by atoms with van der Waals surface area (Å²) in [4.78, 5) is 24.9. The number of epoxide rings is 1. The van der Waals surface area contributed by atoms with Crippen molar-refractivity contribution < 1.29 is 24.2 Å². The van der Waals surface area contributed by atoms with Crippen molar-refractivity contribution in [2.45, 2.75) is 89.1 Å². The molecule has 0 unspecified atom stereocenters. The van der Waals surface area contributed by atoms with Gasteiger partial charge in [0.25, 0.3) is 0 Å². The maximum Gasteiger partial charge on any atom is 0.193 e. The van der Waals surface area contributed by atoms with E-state index >= 15 is 0 Å². The molecule has 0 amide bonds. The number of carbonyl (C=O) groups excluding carboxylic acids is 2. The Morgan fingerprint density at radius 2 is 2.11 bits per heavy atom. The van der Waals surface area contributed by atoms with Gasteiger partial charge in [0.05, 0.1) is 12.2 Å². The average molecular weight is 389 g/mol. The van der Waals surface area contributed by atoms with Gasteiger partial charge in [0.2, 0.25) is 0 Å². The number of fused-ring (bicyclic) bond motifs is 4. The summed E-state index contributed by atoms with van der Waals surface area (Å²) in [5.74, 6) is 1.15. The molecule has 5 nitrogen and oxygen atoms in total.